The summed E-state index contributed by atoms with van der Waals surface area (Å²) in [6, 6.07) is 45.9. The van der Waals surface area contributed by atoms with Gasteiger partial charge in [0.15, 0.2) is 17.5 Å². The van der Waals surface area contributed by atoms with Gasteiger partial charge in [-0.2, -0.15) is 4.73 Å². The van der Waals surface area contributed by atoms with Crippen molar-refractivity contribution in [2.24, 2.45) is 5.16 Å². The largest absolute Gasteiger partial charge is 0.497 e. The first-order valence-corrected chi connectivity index (χ1v) is 19.4. The fraction of sp³-hybridized carbons (Fsp3) is 0.130. The minimum Gasteiger partial charge on any atom is -0.497 e. The van der Waals surface area contributed by atoms with Crippen molar-refractivity contribution in [2.45, 2.75) is 25.4 Å². The number of hydrogen-bond donors (Lipinski definition) is 2. The van der Waals surface area contributed by atoms with Gasteiger partial charge in [0, 0.05) is 11.4 Å². The molecular formula is C46H40N4O8S. The smallest absolute Gasteiger partial charge is 0.360 e. The number of nitrogens with one attached hydrogen (secondary N) is 1. The Morgan fingerprint density at radius 1 is 0.746 bits per heavy atom. The van der Waals surface area contributed by atoms with Gasteiger partial charge < -0.3 is 34.3 Å². The molecule has 0 unspecified atom stereocenters. The van der Waals surface area contributed by atoms with Crippen molar-refractivity contribution in [1.29, 1.82) is 0 Å². The minimum atomic E-state index is -1.35. The zero-order chi connectivity index (χ0) is 41.0. The molecule has 0 aliphatic rings. The molecule has 0 amide bonds. The van der Waals surface area contributed by atoms with Crippen molar-refractivity contribution in [3.05, 3.63) is 207 Å². The number of ether oxygens (including phenoxy) is 3. The number of hydrogen-bond acceptors (Lipinski definition) is 11. The van der Waals surface area contributed by atoms with Crippen LogP contribution in [-0.2, 0) is 35.0 Å². The van der Waals surface area contributed by atoms with Crippen molar-refractivity contribution < 1.29 is 33.8 Å². The summed E-state index contributed by atoms with van der Waals surface area (Å²) in [5.41, 5.74) is 3.14. The van der Waals surface area contributed by atoms with E-state index >= 15 is 0 Å². The van der Waals surface area contributed by atoms with E-state index in [0.29, 0.717) is 16.6 Å². The van der Waals surface area contributed by atoms with E-state index in [1.165, 1.54) is 28.3 Å². The van der Waals surface area contributed by atoms with Gasteiger partial charge in [0.05, 0.1) is 20.4 Å². The Hall–Kier alpha value is -7.38. The van der Waals surface area contributed by atoms with Gasteiger partial charge in [-0.15, -0.1) is 11.3 Å². The van der Waals surface area contributed by atoms with Crippen molar-refractivity contribution in [3.63, 3.8) is 0 Å². The Balaban J connectivity index is 1.15. The summed E-state index contributed by atoms with van der Waals surface area (Å²) in [4.78, 5) is 42.3. The van der Waals surface area contributed by atoms with Crippen LogP contribution in [0.3, 0.4) is 0 Å². The highest BCUT2D eigenvalue weighted by molar-refractivity contribution is 7.14. The van der Waals surface area contributed by atoms with Gasteiger partial charge in [-0.1, -0.05) is 120 Å². The first kappa shape index (κ1) is 39.8. The summed E-state index contributed by atoms with van der Waals surface area (Å²) in [6.45, 7) is -0.0816. The van der Waals surface area contributed by atoms with E-state index in [4.69, 9.17) is 28.9 Å². The molecule has 0 saturated heterocycles. The fourth-order valence-corrected chi connectivity index (χ4v) is 7.11. The molecule has 0 radical (unpaired) electrons. The van der Waals surface area contributed by atoms with Gasteiger partial charge in [0.25, 0.3) is 0 Å². The lowest BCUT2D eigenvalue weighted by Gasteiger charge is -2.36. The number of pyridine rings is 1. The van der Waals surface area contributed by atoms with E-state index in [2.05, 4.69) is 10.5 Å². The summed E-state index contributed by atoms with van der Waals surface area (Å²) < 4.78 is 17.7. The van der Waals surface area contributed by atoms with Gasteiger partial charge in [0.2, 0.25) is 11.1 Å². The van der Waals surface area contributed by atoms with Crippen molar-refractivity contribution in [2.75, 3.05) is 19.5 Å². The van der Waals surface area contributed by atoms with E-state index in [-0.39, 0.29) is 37.0 Å². The van der Waals surface area contributed by atoms with Crippen LogP contribution in [0.1, 0.15) is 39.2 Å². The number of oxime groups is 1. The highest BCUT2D eigenvalue weighted by atomic mass is 32.1. The predicted molar refractivity (Wildman–Crippen MR) is 225 cm³/mol. The molecule has 0 spiro atoms. The zero-order valence-corrected chi connectivity index (χ0v) is 33.0. The summed E-state index contributed by atoms with van der Waals surface area (Å²) >= 11 is 1.24. The normalized spacial score (nSPS) is 11.4. The number of nitrogens with zero attached hydrogens (tertiary/aromatic N) is 3. The molecule has 5 aromatic carbocycles. The third-order valence-electron chi connectivity index (χ3n) is 9.37. The molecule has 0 fully saturated rings. The topological polar surface area (TPSA) is 143 Å². The number of benzene rings is 5. The molecule has 7 rings (SSSR count). The molecule has 13 heteroatoms. The van der Waals surface area contributed by atoms with Crippen LogP contribution in [-0.4, -0.2) is 40.7 Å². The average molecular weight is 809 g/mol. The number of aromatic nitrogens is 2. The average Bonchev–Trinajstić information content (AvgIpc) is 3.75. The number of carbonyl (C=O) groups is 1. The van der Waals surface area contributed by atoms with E-state index in [0.717, 1.165) is 27.8 Å². The van der Waals surface area contributed by atoms with Crippen molar-refractivity contribution in [1.82, 2.24) is 9.71 Å². The van der Waals surface area contributed by atoms with Crippen LogP contribution in [0.5, 0.6) is 17.2 Å². The van der Waals surface area contributed by atoms with Crippen LogP contribution in [0.15, 0.2) is 167 Å². The number of methoxy groups -OCH3 is 2. The first-order valence-electron chi connectivity index (χ1n) is 18.5. The quantitative estimate of drug-likeness (QED) is 0.0499. The second kappa shape index (κ2) is 18.7. The van der Waals surface area contributed by atoms with Crippen LogP contribution < -0.4 is 29.8 Å². The maximum atomic E-state index is 13.3. The summed E-state index contributed by atoms with van der Waals surface area (Å²) in [5.74, 6) is 0.0782. The fourth-order valence-electron chi connectivity index (χ4n) is 6.36. The van der Waals surface area contributed by atoms with Crippen molar-refractivity contribution >= 4 is 28.1 Å². The summed E-state index contributed by atoms with van der Waals surface area (Å²) in [5, 5.41) is 20.0. The molecule has 0 atom stereocenters. The molecule has 12 nitrogen and oxygen atoms in total. The number of carboxylic acid groups (broad SMARTS) is 1. The molecule has 7 aromatic rings. The lowest BCUT2D eigenvalue weighted by atomic mass is 9.77. The lowest BCUT2D eigenvalue weighted by molar-refractivity contribution is -0.129. The van der Waals surface area contributed by atoms with Gasteiger partial charge in [-0.3, -0.25) is 4.79 Å². The minimum absolute atomic E-state index is 0.0362. The van der Waals surface area contributed by atoms with Crippen LogP contribution in [0.25, 0.3) is 0 Å². The highest BCUT2D eigenvalue weighted by Gasteiger charge is 2.37. The number of rotatable bonds is 18. The molecule has 0 aliphatic heterocycles. The lowest BCUT2D eigenvalue weighted by Crippen LogP contribution is -2.38. The van der Waals surface area contributed by atoms with E-state index in [9.17, 15) is 14.7 Å². The van der Waals surface area contributed by atoms with E-state index in [1.807, 2.05) is 127 Å². The standard InChI is InChI=1S/C46H40N4O8S/c1-54-38-22-18-32(19-23-38)28-56-42-27-50(58-29-33-20-24-39(55-2)25-21-33)37(26-41(42)51)30-57-49-43(44(52)53)40-31-59-45(47-40)48-46(34-12-6-3-7-13-34,35-14-8-4-9-15-35)36-16-10-5-11-17-36/h3-27,31H,28-30H2,1-2H3,(H,47,48)(H,52,53). The van der Waals surface area contributed by atoms with Gasteiger partial charge >= 0.3 is 5.97 Å². The van der Waals surface area contributed by atoms with Gasteiger partial charge in [-0.25, -0.2) is 9.78 Å². The molecule has 2 N–H and O–H groups in total. The monoisotopic (exact) mass is 808 g/mol. The van der Waals surface area contributed by atoms with Gasteiger partial charge in [-0.05, 0) is 52.1 Å². The summed E-state index contributed by atoms with van der Waals surface area (Å²) in [6.07, 6.45) is 1.42. The van der Waals surface area contributed by atoms with Crippen LogP contribution >= 0.6 is 11.3 Å². The number of thiazole rings is 1. The Morgan fingerprint density at radius 3 is 1.78 bits per heavy atom. The Kier molecular flexibility index (Phi) is 12.6. The maximum Gasteiger partial charge on any atom is 0.360 e. The first-order chi connectivity index (χ1) is 28.9. The van der Waals surface area contributed by atoms with Crippen LogP contribution in [0.4, 0.5) is 5.13 Å². The number of aliphatic carboxylic acids is 1. The maximum absolute atomic E-state index is 13.3. The third kappa shape index (κ3) is 9.43. The second-order valence-electron chi connectivity index (χ2n) is 13.1. The van der Waals surface area contributed by atoms with Gasteiger partial charge in [0.1, 0.15) is 41.6 Å². The van der Waals surface area contributed by atoms with Crippen molar-refractivity contribution in [3.8, 4) is 17.2 Å². The Morgan fingerprint density at radius 2 is 1.27 bits per heavy atom. The predicted octanol–water partition coefficient (Wildman–Crippen LogP) is 7.94. The molecule has 2 heterocycles. The molecule has 59 heavy (non-hydrogen) atoms. The number of carboxylic acids is 1. The zero-order valence-electron chi connectivity index (χ0n) is 32.2. The van der Waals surface area contributed by atoms with E-state index in [1.54, 1.807) is 31.7 Å². The summed E-state index contributed by atoms with van der Waals surface area (Å²) in [7, 11) is 3.17. The molecule has 298 valence electrons. The highest BCUT2D eigenvalue weighted by Crippen LogP contribution is 2.40. The molecule has 0 bridgehead atoms. The third-order valence-corrected chi connectivity index (χ3v) is 10.1. The molecular weight excluding hydrogens is 769 g/mol. The molecule has 2 aromatic heterocycles. The molecule has 0 aliphatic carbocycles. The van der Waals surface area contributed by atoms with Crippen LogP contribution in [0.2, 0.25) is 0 Å². The SMILES string of the molecule is COc1ccc(COc2cn(OCc3ccc(OC)cc3)c(CON=C(C(=O)O)c3csc(NC(c4ccccc4)(c4ccccc4)c4ccccc4)n3)cc2=O)cc1. The van der Waals surface area contributed by atoms with E-state index < -0.39 is 22.6 Å². The van der Waals surface area contributed by atoms with Crippen LogP contribution in [0, 0.1) is 0 Å². The second-order valence-corrected chi connectivity index (χ2v) is 14.0. The molecule has 0 saturated carbocycles. The number of anilines is 1. The Bertz CT molecular complexity index is 2450. The Labute approximate surface area is 344 Å².